The van der Waals surface area contributed by atoms with Gasteiger partial charge in [-0.25, -0.2) is 0 Å². The molecule has 3 heteroatoms. The maximum Gasteiger partial charge on any atom is 0.0874 e. The average molecular weight is 198 g/mol. The molecule has 2 heterocycles. The average Bonchev–Trinajstić information content (AvgIpc) is 2.19. The van der Waals surface area contributed by atoms with Crippen molar-refractivity contribution in [3.05, 3.63) is 12.7 Å². The van der Waals surface area contributed by atoms with Gasteiger partial charge in [0, 0.05) is 13.0 Å². The van der Waals surface area contributed by atoms with Gasteiger partial charge in [-0.2, -0.15) is 0 Å². The van der Waals surface area contributed by atoms with E-state index in [1.54, 1.807) is 6.08 Å². The van der Waals surface area contributed by atoms with Crippen LogP contribution in [0.1, 0.15) is 25.7 Å². The first kappa shape index (κ1) is 10.1. The summed E-state index contributed by atoms with van der Waals surface area (Å²) in [6.07, 6.45) is 5.20. The lowest BCUT2D eigenvalue weighted by molar-refractivity contribution is -0.200. The van der Waals surface area contributed by atoms with E-state index in [2.05, 4.69) is 6.58 Å². The van der Waals surface area contributed by atoms with E-state index in [4.69, 9.17) is 9.47 Å². The van der Waals surface area contributed by atoms with Crippen molar-refractivity contribution in [2.45, 2.75) is 50.1 Å². The lowest BCUT2D eigenvalue weighted by Gasteiger charge is -2.41. The molecular formula is C11H18O3. The van der Waals surface area contributed by atoms with Crippen molar-refractivity contribution in [1.29, 1.82) is 0 Å². The second-order valence-corrected chi connectivity index (χ2v) is 4.09. The van der Waals surface area contributed by atoms with Gasteiger partial charge in [-0.15, -0.1) is 6.58 Å². The molecule has 0 saturated carbocycles. The molecule has 4 atom stereocenters. The molecule has 0 aromatic carbocycles. The molecule has 2 aliphatic heterocycles. The van der Waals surface area contributed by atoms with Crippen molar-refractivity contribution in [3.8, 4) is 0 Å². The second kappa shape index (κ2) is 4.43. The van der Waals surface area contributed by atoms with Crippen LogP contribution in [0.2, 0.25) is 0 Å². The zero-order valence-corrected chi connectivity index (χ0v) is 8.39. The Hall–Kier alpha value is -0.380. The van der Waals surface area contributed by atoms with Gasteiger partial charge in [-0.05, 0) is 19.3 Å². The third-order valence-electron chi connectivity index (χ3n) is 3.03. The standard InChI is InChI=1S/C11H18O3/c1-2-4-9-8(12)7-11-10(14-9)5-3-6-13-11/h2,8-12H,1,3-7H2/t8-,9+,10-,11+/m0/s1. The smallest absolute Gasteiger partial charge is 0.0874 e. The molecule has 2 rings (SSSR count). The minimum absolute atomic E-state index is 0.0737. The van der Waals surface area contributed by atoms with Crippen molar-refractivity contribution in [3.63, 3.8) is 0 Å². The molecule has 0 radical (unpaired) electrons. The first-order valence-electron chi connectivity index (χ1n) is 5.37. The van der Waals surface area contributed by atoms with Gasteiger partial charge < -0.3 is 14.6 Å². The lowest BCUT2D eigenvalue weighted by Crippen LogP contribution is -2.49. The molecule has 3 nitrogen and oxygen atoms in total. The van der Waals surface area contributed by atoms with E-state index in [-0.39, 0.29) is 18.3 Å². The molecule has 0 unspecified atom stereocenters. The van der Waals surface area contributed by atoms with E-state index >= 15 is 0 Å². The Balaban J connectivity index is 1.95. The molecule has 0 spiro atoms. The van der Waals surface area contributed by atoms with Gasteiger partial charge in [0.1, 0.15) is 0 Å². The predicted molar refractivity (Wildman–Crippen MR) is 53.1 cm³/mol. The summed E-state index contributed by atoms with van der Waals surface area (Å²) in [4.78, 5) is 0. The maximum absolute atomic E-state index is 9.79. The summed E-state index contributed by atoms with van der Waals surface area (Å²) in [5, 5.41) is 9.79. The van der Waals surface area contributed by atoms with Crippen LogP contribution in [0, 0.1) is 0 Å². The van der Waals surface area contributed by atoms with Crippen LogP contribution in [-0.2, 0) is 9.47 Å². The first-order chi connectivity index (χ1) is 6.81. The number of hydrogen-bond donors (Lipinski definition) is 1. The monoisotopic (exact) mass is 198 g/mol. The topological polar surface area (TPSA) is 38.7 Å². The van der Waals surface area contributed by atoms with Gasteiger partial charge in [-0.1, -0.05) is 6.08 Å². The number of hydrogen-bond acceptors (Lipinski definition) is 3. The summed E-state index contributed by atoms with van der Waals surface area (Å²) in [5.74, 6) is 0. The highest BCUT2D eigenvalue weighted by molar-refractivity contribution is 4.90. The van der Waals surface area contributed by atoms with Crippen molar-refractivity contribution in [2.75, 3.05) is 6.61 Å². The molecule has 2 aliphatic rings. The van der Waals surface area contributed by atoms with E-state index in [0.717, 1.165) is 25.9 Å². The van der Waals surface area contributed by atoms with Crippen molar-refractivity contribution in [1.82, 2.24) is 0 Å². The van der Waals surface area contributed by atoms with Crippen LogP contribution in [0.3, 0.4) is 0 Å². The zero-order chi connectivity index (χ0) is 9.97. The maximum atomic E-state index is 9.79. The Bertz CT molecular complexity index is 205. The van der Waals surface area contributed by atoms with Crippen LogP contribution in [-0.4, -0.2) is 36.1 Å². The Morgan fingerprint density at radius 2 is 2.29 bits per heavy atom. The van der Waals surface area contributed by atoms with Gasteiger partial charge in [0.15, 0.2) is 0 Å². The molecule has 0 aromatic heterocycles. The normalized spacial score (nSPS) is 42.9. The summed E-state index contributed by atoms with van der Waals surface area (Å²) in [6, 6.07) is 0. The van der Waals surface area contributed by atoms with Crippen LogP contribution in [0.15, 0.2) is 12.7 Å². The fourth-order valence-corrected chi connectivity index (χ4v) is 2.27. The molecule has 2 saturated heterocycles. The molecule has 1 N–H and O–H groups in total. The Morgan fingerprint density at radius 3 is 3.07 bits per heavy atom. The van der Waals surface area contributed by atoms with E-state index in [0.29, 0.717) is 6.42 Å². The predicted octanol–water partition coefficient (Wildman–Crippen LogP) is 1.26. The first-order valence-corrected chi connectivity index (χ1v) is 5.37. The molecule has 14 heavy (non-hydrogen) atoms. The highest BCUT2D eigenvalue weighted by atomic mass is 16.6. The minimum Gasteiger partial charge on any atom is -0.390 e. The highest BCUT2D eigenvalue weighted by Crippen LogP contribution is 2.30. The SMILES string of the molecule is C=CC[C@H]1O[C@H]2CCCO[C@@H]2C[C@@H]1O. The summed E-state index contributed by atoms with van der Waals surface area (Å²) >= 11 is 0. The molecule has 0 aliphatic carbocycles. The molecule has 0 amide bonds. The van der Waals surface area contributed by atoms with Crippen LogP contribution >= 0.6 is 0 Å². The largest absolute Gasteiger partial charge is 0.390 e. The summed E-state index contributed by atoms with van der Waals surface area (Å²) < 4.78 is 11.4. The lowest BCUT2D eigenvalue weighted by atomic mass is 9.92. The second-order valence-electron chi connectivity index (χ2n) is 4.09. The van der Waals surface area contributed by atoms with Gasteiger partial charge >= 0.3 is 0 Å². The van der Waals surface area contributed by atoms with Crippen molar-refractivity contribution < 1.29 is 14.6 Å². The number of aliphatic hydroxyl groups excluding tert-OH is 1. The third kappa shape index (κ3) is 2.00. The zero-order valence-electron chi connectivity index (χ0n) is 8.39. The highest BCUT2D eigenvalue weighted by Gasteiger charge is 2.38. The molecule has 0 aromatic rings. The van der Waals surface area contributed by atoms with Gasteiger partial charge in [-0.3, -0.25) is 0 Å². The number of fused-ring (bicyclic) bond motifs is 1. The summed E-state index contributed by atoms with van der Waals surface area (Å²) in [6.45, 7) is 4.48. The molecular weight excluding hydrogens is 180 g/mol. The van der Waals surface area contributed by atoms with E-state index < -0.39 is 6.10 Å². The fourth-order valence-electron chi connectivity index (χ4n) is 2.27. The van der Waals surface area contributed by atoms with Crippen molar-refractivity contribution >= 4 is 0 Å². The minimum atomic E-state index is -0.396. The van der Waals surface area contributed by atoms with E-state index in [9.17, 15) is 5.11 Å². The molecule has 0 bridgehead atoms. The van der Waals surface area contributed by atoms with Gasteiger partial charge in [0.25, 0.3) is 0 Å². The van der Waals surface area contributed by atoms with Gasteiger partial charge in [0.2, 0.25) is 0 Å². The third-order valence-corrected chi connectivity index (χ3v) is 3.03. The van der Waals surface area contributed by atoms with Gasteiger partial charge in [0.05, 0.1) is 24.4 Å². The van der Waals surface area contributed by atoms with E-state index in [1.165, 1.54) is 0 Å². The number of aliphatic hydroxyl groups is 1. The molecule has 2 fully saturated rings. The summed E-state index contributed by atoms with van der Waals surface area (Å²) in [5.41, 5.74) is 0. The Morgan fingerprint density at radius 1 is 1.43 bits per heavy atom. The van der Waals surface area contributed by atoms with Crippen LogP contribution in [0.5, 0.6) is 0 Å². The van der Waals surface area contributed by atoms with Crippen LogP contribution < -0.4 is 0 Å². The fraction of sp³-hybridized carbons (Fsp3) is 0.818. The Labute approximate surface area is 84.7 Å². The number of rotatable bonds is 2. The van der Waals surface area contributed by atoms with E-state index in [1.807, 2.05) is 0 Å². The summed E-state index contributed by atoms with van der Waals surface area (Å²) in [7, 11) is 0. The Kier molecular flexibility index (Phi) is 3.21. The van der Waals surface area contributed by atoms with Crippen LogP contribution in [0.4, 0.5) is 0 Å². The molecule has 80 valence electrons. The number of ether oxygens (including phenoxy) is 2. The quantitative estimate of drug-likeness (QED) is 0.679. The van der Waals surface area contributed by atoms with Crippen LogP contribution in [0.25, 0.3) is 0 Å². The van der Waals surface area contributed by atoms with Crippen molar-refractivity contribution in [2.24, 2.45) is 0 Å².